The second-order valence-electron chi connectivity index (χ2n) is 5.90. The second-order valence-corrected chi connectivity index (χ2v) is 7.31. The summed E-state index contributed by atoms with van der Waals surface area (Å²) in [5, 5.41) is 0.437. The molecule has 1 heterocycles. The summed E-state index contributed by atoms with van der Waals surface area (Å²) in [6.07, 6.45) is 6.53. The topological polar surface area (TPSA) is 9.23 Å². The van der Waals surface area contributed by atoms with Crippen LogP contribution in [-0.2, 0) is 0 Å². The van der Waals surface area contributed by atoms with Gasteiger partial charge in [-0.15, -0.1) is 11.8 Å². The van der Waals surface area contributed by atoms with E-state index in [-0.39, 0.29) is 6.10 Å². The average Bonchev–Trinajstić information content (AvgIpc) is 2.38. The fourth-order valence-electron chi connectivity index (χ4n) is 2.14. The summed E-state index contributed by atoms with van der Waals surface area (Å²) in [5.74, 6) is 1.58. The van der Waals surface area contributed by atoms with E-state index in [1.54, 1.807) is 0 Å². The number of rotatable bonds is 3. The van der Waals surface area contributed by atoms with E-state index >= 15 is 0 Å². The van der Waals surface area contributed by atoms with Crippen LogP contribution in [0, 0.1) is 0 Å². The highest BCUT2D eigenvalue weighted by Crippen LogP contribution is 2.41. The van der Waals surface area contributed by atoms with Gasteiger partial charge < -0.3 is 4.74 Å². The van der Waals surface area contributed by atoms with Gasteiger partial charge in [-0.25, -0.2) is 0 Å². The van der Waals surface area contributed by atoms with Crippen LogP contribution >= 0.6 is 11.8 Å². The van der Waals surface area contributed by atoms with Gasteiger partial charge in [-0.2, -0.15) is 0 Å². The Morgan fingerprint density at radius 1 is 1.30 bits per heavy atom. The van der Waals surface area contributed by atoms with Crippen molar-refractivity contribution >= 4 is 11.8 Å². The van der Waals surface area contributed by atoms with E-state index in [1.165, 1.54) is 16.0 Å². The minimum atomic E-state index is 0.146. The molecule has 0 unspecified atom stereocenters. The Balaban J connectivity index is 2.17. The first-order valence-electron chi connectivity index (χ1n) is 7.26. The third-order valence-electron chi connectivity index (χ3n) is 3.40. The Labute approximate surface area is 127 Å². The summed E-state index contributed by atoms with van der Waals surface area (Å²) in [4.78, 5) is 1.27. The maximum Gasteiger partial charge on any atom is 0.133 e. The molecule has 1 aliphatic rings. The summed E-state index contributed by atoms with van der Waals surface area (Å²) < 4.78 is 6.12. The van der Waals surface area contributed by atoms with Crippen molar-refractivity contribution in [2.24, 2.45) is 0 Å². The largest absolute Gasteiger partial charge is 0.484 e. The minimum Gasteiger partial charge on any atom is -0.484 e. The second kappa shape index (κ2) is 6.53. The lowest BCUT2D eigenvalue weighted by atomic mass is 10.0. The van der Waals surface area contributed by atoms with Gasteiger partial charge in [0.25, 0.3) is 0 Å². The molecule has 20 heavy (non-hydrogen) atoms. The average molecular weight is 288 g/mol. The maximum atomic E-state index is 6.12. The molecule has 0 aliphatic carbocycles. The smallest absolute Gasteiger partial charge is 0.133 e. The van der Waals surface area contributed by atoms with Crippen LogP contribution in [-0.4, -0.2) is 11.4 Å². The van der Waals surface area contributed by atoms with E-state index in [2.05, 4.69) is 71.0 Å². The lowest BCUT2D eigenvalue weighted by molar-refractivity contribution is 0.238. The van der Waals surface area contributed by atoms with Crippen LogP contribution in [0.5, 0.6) is 5.75 Å². The van der Waals surface area contributed by atoms with Crippen LogP contribution in [0.25, 0.3) is 0 Å². The molecule has 0 aromatic heterocycles. The molecule has 0 saturated carbocycles. The van der Waals surface area contributed by atoms with Crippen molar-refractivity contribution in [2.75, 3.05) is 0 Å². The molecular weight excluding hydrogens is 264 g/mol. The van der Waals surface area contributed by atoms with Crippen LogP contribution in [0.15, 0.2) is 46.9 Å². The normalized spacial score (nSPS) is 21.7. The van der Waals surface area contributed by atoms with Crippen molar-refractivity contribution in [3.63, 3.8) is 0 Å². The van der Waals surface area contributed by atoms with Gasteiger partial charge in [-0.1, -0.05) is 37.6 Å². The lowest BCUT2D eigenvalue weighted by Gasteiger charge is -2.29. The third kappa shape index (κ3) is 3.69. The Hall–Kier alpha value is -1.15. The molecule has 2 atom stereocenters. The first kappa shape index (κ1) is 15.2. The number of benzene rings is 1. The molecule has 1 nitrogen and oxygen atoms in total. The van der Waals surface area contributed by atoms with E-state index in [0.717, 1.165) is 5.75 Å². The first-order valence-corrected chi connectivity index (χ1v) is 8.14. The van der Waals surface area contributed by atoms with Crippen molar-refractivity contribution < 1.29 is 4.74 Å². The van der Waals surface area contributed by atoms with Gasteiger partial charge in [0.05, 0.1) is 4.90 Å². The zero-order valence-corrected chi connectivity index (χ0v) is 13.8. The molecule has 1 aromatic rings. The monoisotopic (exact) mass is 288 g/mol. The van der Waals surface area contributed by atoms with E-state index in [9.17, 15) is 0 Å². The quantitative estimate of drug-likeness (QED) is 0.672. The third-order valence-corrected chi connectivity index (χ3v) is 4.62. The molecule has 2 rings (SSSR count). The van der Waals surface area contributed by atoms with Crippen LogP contribution in [0.1, 0.15) is 46.1 Å². The van der Waals surface area contributed by atoms with Crippen molar-refractivity contribution in [1.82, 2.24) is 0 Å². The summed E-state index contributed by atoms with van der Waals surface area (Å²) in [6, 6.07) is 6.57. The van der Waals surface area contributed by atoms with E-state index in [4.69, 9.17) is 4.74 Å². The van der Waals surface area contributed by atoms with Crippen LogP contribution in [0.4, 0.5) is 0 Å². The van der Waals surface area contributed by atoms with Gasteiger partial charge >= 0.3 is 0 Å². The molecule has 0 bridgehead atoms. The molecule has 108 valence electrons. The van der Waals surface area contributed by atoms with Gasteiger partial charge in [0.1, 0.15) is 11.9 Å². The SMILES string of the molecule is CC(C)=C/C=C\[C@H]1Oc2ccc(C(C)C)cc2S[C@H]1C. The van der Waals surface area contributed by atoms with Crippen molar-refractivity contribution in [3.8, 4) is 5.75 Å². The molecule has 1 aromatic carbocycles. The van der Waals surface area contributed by atoms with E-state index in [0.29, 0.717) is 11.2 Å². The molecule has 0 amide bonds. The fraction of sp³-hybridized carbons (Fsp3) is 0.444. The van der Waals surface area contributed by atoms with Crippen molar-refractivity contribution in [3.05, 3.63) is 47.6 Å². The number of hydrogen-bond acceptors (Lipinski definition) is 2. The molecular formula is C18H24OS. The first-order chi connectivity index (χ1) is 9.47. The number of allylic oxidation sites excluding steroid dienone is 3. The standard InChI is InChI=1S/C18H24OS/c1-12(2)7-6-8-16-14(5)20-18-11-15(13(3)4)9-10-17(18)19-16/h6-11,13-14,16H,1-5H3/b8-6-/t14-,16+/m0/s1. The molecule has 2 heteroatoms. The Morgan fingerprint density at radius 3 is 2.70 bits per heavy atom. The molecule has 0 radical (unpaired) electrons. The van der Waals surface area contributed by atoms with Gasteiger partial charge in [0.15, 0.2) is 0 Å². The number of fused-ring (bicyclic) bond motifs is 1. The Kier molecular flexibility index (Phi) is 4.98. The number of thioether (sulfide) groups is 1. The Bertz CT molecular complexity index is 524. The van der Waals surface area contributed by atoms with Crippen molar-refractivity contribution in [1.29, 1.82) is 0 Å². The van der Waals surface area contributed by atoms with Crippen LogP contribution in [0.3, 0.4) is 0 Å². The summed E-state index contributed by atoms with van der Waals surface area (Å²) in [5.41, 5.74) is 2.69. The Morgan fingerprint density at radius 2 is 2.05 bits per heavy atom. The maximum absolute atomic E-state index is 6.12. The zero-order valence-electron chi connectivity index (χ0n) is 13.0. The highest BCUT2D eigenvalue weighted by molar-refractivity contribution is 8.00. The lowest BCUT2D eigenvalue weighted by Crippen LogP contribution is -2.28. The van der Waals surface area contributed by atoms with Crippen LogP contribution < -0.4 is 4.74 Å². The summed E-state index contributed by atoms with van der Waals surface area (Å²) >= 11 is 1.91. The van der Waals surface area contributed by atoms with E-state index < -0.39 is 0 Å². The summed E-state index contributed by atoms with van der Waals surface area (Å²) in [7, 11) is 0. The van der Waals surface area contributed by atoms with Gasteiger partial charge in [0, 0.05) is 5.25 Å². The zero-order chi connectivity index (χ0) is 14.7. The van der Waals surface area contributed by atoms with Gasteiger partial charge in [0.2, 0.25) is 0 Å². The highest BCUT2D eigenvalue weighted by Gasteiger charge is 2.25. The fourth-order valence-corrected chi connectivity index (χ4v) is 3.25. The van der Waals surface area contributed by atoms with Gasteiger partial charge in [-0.3, -0.25) is 0 Å². The molecule has 1 aliphatic heterocycles. The van der Waals surface area contributed by atoms with Crippen molar-refractivity contribution in [2.45, 2.75) is 56.8 Å². The molecule has 0 saturated heterocycles. The molecule has 0 fully saturated rings. The van der Waals surface area contributed by atoms with Crippen LogP contribution in [0.2, 0.25) is 0 Å². The minimum absolute atomic E-state index is 0.146. The molecule has 0 N–H and O–H groups in total. The van der Waals surface area contributed by atoms with E-state index in [1.807, 2.05) is 11.8 Å². The predicted octanol–water partition coefficient (Wildman–Crippen LogP) is 5.57. The molecule has 0 spiro atoms. The number of hydrogen-bond donors (Lipinski definition) is 0. The summed E-state index contributed by atoms with van der Waals surface area (Å²) in [6.45, 7) is 10.9. The van der Waals surface area contributed by atoms with Gasteiger partial charge in [-0.05, 0) is 50.5 Å². The predicted molar refractivity (Wildman–Crippen MR) is 88.8 cm³/mol. The highest BCUT2D eigenvalue weighted by atomic mass is 32.2. The number of ether oxygens (including phenoxy) is 1.